The molecule has 0 aliphatic carbocycles. The Hall–Kier alpha value is -5.77. The van der Waals surface area contributed by atoms with Crippen molar-refractivity contribution in [2.24, 2.45) is 0 Å². The molecule has 8 rings (SSSR count). The zero-order valence-electron chi connectivity index (χ0n) is 23.1. The van der Waals surface area contributed by atoms with Crippen LogP contribution < -0.4 is 0 Å². The maximum Gasteiger partial charge on any atom is 0.100 e. The van der Waals surface area contributed by atoms with E-state index in [9.17, 15) is 15.8 Å². The molecule has 0 atom stereocenters. The van der Waals surface area contributed by atoms with Crippen molar-refractivity contribution in [2.75, 3.05) is 0 Å². The van der Waals surface area contributed by atoms with Gasteiger partial charge < -0.3 is 0 Å². The molecule has 0 saturated heterocycles. The van der Waals surface area contributed by atoms with Crippen LogP contribution in [-0.2, 0) is 0 Å². The van der Waals surface area contributed by atoms with E-state index in [0.717, 1.165) is 31.7 Å². The average Bonchev–Trinajstić information content (AvgIpc) is 3.64. The Labute approximate surface area is 261 Å². The summed E-state index contributed by atoms with van der Waals surface area (Å²) in [4.78, 5) is 0. The Kier molecular flexibility index (Phi) is 6.00. The quantitative estimate of drug-likeness (QED) is 0.205. The lowest BCUT2D eigenvalue weighted by atomic mass is 9.83. The summed E-state index contributed by atoms with van der Waals surface area (Å²) in [5.41, 5.74) is 5.87. The molecule has 44 heavy (non-hydrogen) atoms. The third kappa shape index (κ3) is 3.98. The summed E-state index contributed by atoms with van der Waals surface area (Å²) in [5.74, 6) is 0. The molecule has 6 aromatic carbocycles. The molecule has 2 aromatic heterocycles. The average molecular weight is 594 g/mol. The Morgan fingerprint density at radius 2 is 0.932 bits per heavy atom. The fourth-order valence-corrected chi connectivity index (χ4v) is 8.48. The molecule has 2 heterocycles. The van der Waals surface area contributed by atoms with Crippen LogP contribution in [0.25, 0.3) is 73.7 Å². The van der Waals surface area contributed by atoms with Gasteiger partial charge in [-0.15, -0.1) is 22.7 Å². The first-order valence-corrected chi connectivity index (χ1v) is 15.6. The molecular weight excluding hydrogens is 575 g/mol. The first-order chi connectivity index (χ1) is 21.7. The number of hydrogen-bond donors (Lipinski definition) is 0. The van der Waals surface area contributed by atoms with E-state index < -0.39 is 0 Å². The molecular formula is C39H19N3S2. The second kappa shape index (κ2) is 10.2. The van der Waals surface area contributed by atoms with Gasteiger partial charge in [0, 0.05) is 57.0 Å². The molecule has 5 heteroatoms. The van der Waals surface area contributed by atoms with E-state index in [1.165, 1.54) is 30.9 Å². The number of thiophene rings is 2. The van der Waals surface area contributed by atoms with Crippen LogP contribution >= 0.6 is 22.7 Å². The number of hydrogen-bond acceptors (Lipinski definition) is 5. The fraction of sp³-hybridized carbons (Fsp3) is 0. The van der Waals surface area contributed by atoms with Crippen molar-refractivity contribution in [1.29, 1.82) is 15.8 Å². The van der Waals surface area contributed by atoms with Gasteiger partial charge in [0.15, 0.2) is 0 Å². The van der Waals surface area contributed by atoms with Crippen LogP contribution in [0, 0.1) is 34.0 Å². The molecule has 0 saturated carbocycles. The summed E-state index contributed by atoms with van der Waals surface area (Å²) in [7, 11) is 0. The summed E-state index contributed by atoms with van der Waals surface area (Å²) in [6.07, 6.45) is 0. The number of rotatable bonds is 3. The summed E-state index contributed by atoms with van der Waals surface area (Å²) in [6.45, 7) is 0. The van der Waals surface area contributed by atoms with Gasteiger partial charge >= 0.3 is 0 Å². The van der Waals surface area contributed by atoms with Crippen molar-refractivity contribution in [3.05, 3.63) is 132 Å². The van der Waals surface area contributed by atoms with Gasteiger partial charge in [-0.3, -0.25) is 0 Å². The minimum Gasteiger partial charge on any atom is -0.192 e. The van der Waals surface area contributed by atoms with E-state index in [1.54, 1.807) is 40.9 Å². The smallest absolute Gasteiger partial charge is 0.100 e. The predicted octanol–water partition coefficient (Wildman–Crippen LogP) is 11.0. The van der Waals surface area contributed by atoms with Gasteiger partial charge in [-0.1, -0.05) is 72.8 Å². The maximum atomic E-state index is 10.7. The van der Waals surface area contributed by atoms with E-state index >= 15 is 0 Å². The molecule has 0 aliphatic heterocycles. The van der Waals surface area contributed by atoms with E-state index in [0.29, 0.717) is 27.8 Å². The van der Waals surface area contributed by atoms with E-state index in [1.807, 2.05) is 24.3 Å². The van der Waals surface area contributed by atoms with E-state index in [-0.39, 0.29) is 0 Å². The Morgan fingerprint density at radius 3 is 1.45 bits per heavy atom. The van der Waals surface area contributed by atoms with Crippen LogP contribution in [0.3, 0.4) is 0 Å². The van der Waals surface area contributed by atoms with Gasteiger partial charge in [0.2, 0.25) is 0 Å². The van der Waals surface area contributed by atoms with Gasteiger partial charge in [0.05, 0.1) is 22.8 Å². The van der Waals surface area contributed by atoms with Gasteiger partial charge in [0.1, 0.15) is 12.1 Å². The van der Waals surface area contributed by atoms with Crippen molar-refractivity contribution in [1.82, 2.24) is 0 Å². The highest BCUT2D eigenvalue weighted by Crippen LogP contribution is 2.44. The topological polar surface area (TPSA) is 71.4 Å². The van der Waals surface area contributed by atoms with Crippen LogP contribution in [0.5, 0.6) is 0 Å². The molecule has 0 bridgehead atoms. The standard InChI is InChI=1S/C39H19N3S2/c40-20-23-6-5-7-26(16-23)39-33(21-41)31(24-12-14-29-27-8-1-3-10-35(27)43-37(29)17-24)19-32(34(39)22-42)25-13-15-30-28-9-2-4-11-36(28)44-38(30)18-25/h1-19H. The molecule has 0 amide bonds. The molecule has 0 fully saturated rings. The van der Waals surface area contributed by atoms with Gasteiger partial charge in [-0.05, 0) is 59.2 Å². The zero-order valence-corrected chi connectivity index (χ0v) is 24.8. The highest BCUT2D eigenvalue weighted by atomic mass is 32.1. The normalized spacial score (nSPS) is 11.1. The number of benzene rings is 6. The van der Waals surface area contributed by atoms with E-state index in [2.05, 4.69) is 91.0 Å². The van der Waals surface area contributed by atoms with Crippen molar-refractivity contribution in [2.45, 2.75) is 0 Å². The van der Waals surface area contributed by atoms with Gasteiger partial charge in [-0.25, -0.2) is 0 Å². The number of fused-ring (bicyclic) bond motifs is 6. The van der Waals surface area contributed by atoms with Crippen molar-refractivity contribution >= 4 is 63.0 Å². The molecule has 8 aromatic rings. The second-order valence-electron chi connectivity index (χ2n) is 10.6. The molecule has 3 nitrogen and oxygen atoms in total. The first-order valence-electron chi connectivity index (χ1n) is 14.0. The summed E-state index contributed by atoms with van der Waals surface area (Å²) >= 11 is 3.46. The minimum atomic E-state index is 0.420. The molecule has 0 radical (unpaired) electrons. The lowest BCUT2D eigenvalue weighted by Gasteiger charge is -2.17. The number of nitrogens with zero attached hydrogens (tertiary/aromatic N) is 3. The summed E-state index contributed by atoms with van der Waals surface area (Å²) < 4.78 is 4.70. The molecule has 0 unspecified atom stereocenters. The molecule has 0 N–H and O–H groups in total. The second-order valence-corrected chi connectivity index (χ2v) is 12.8. The Bertz CT molecular complexity index is 2450. The van der Waals surface area contributed by atoms with Crippen LogP contribution in [0.2, 0.25) is 0 Å². The minimum absolute atomic E-state index is 0.420. The van der Waals surface area contributed by atoms with Crippen LogP contribution in [-0.4, -0.2) is 0 Å². The van der Waals surface area contributed by atoms with Gasteiger partial charge in [0.25, 0.3) is 0 Å². The van der Waals surface area contributed by atoms with E-state index in [4.69, 9.17) is 0 Å². The first kappa shape index (κ1) is 25.9. The highest BCUT2D eigenvalue weighted by molar-refractivity contribution is 7.26. The lowest BCUT2D eigenvalue weighted by molar-refractivity contribution is 1.43. The van der Waals surface area contributed by atoms with Gasteiger partial charge in [-0.2, -0.15) is 15.8 Å². The zero-order chi connectivity index (χ0) is 29.8. The molecule has 202 valence electrons. The predicted molar refractivity (Wildman–Crippen MR) is 183 cm³/mol. The summed E-state index contributed by atoms with van der Waals surface area (Å²) in [5, 5.41) is 35.8. The lowest BCUT2D eigenvalue weighted by Crippen LogP contribution is -1.98. The fourth-order valence-electron chi connectivity index (χ4n) is 6.19. The maximum absolute atomic E-state index is 10.7. The van der Waals surface area contributed by atoms with Crippen molar-refractivity contribution in [3.63, 3.8) is 0 Å². The highest BCUT2D eigenvalue weighted by Gasteiger charge is 2.23. The monoisotopic (exact) mass is 593 g/mol. The van der Waals surface area contributed by atoms with Crippen LogP contribution in [0.1, 0.15) is 16.7 Å². The summed E-state index contributed by atoms with van der Waals surface area (Å²) in [6, 6.07) is 45.7. The third-order valence-corrected chi connectivity index (χ3v) is 10.5. The SMILES string of the molecule is N#Cc1cccc(-c2c(C#N)c(-c3ccc4c(c3)sc3ccccc34)cc(-c3ccc4c(c3)sc3ccccc34)c2C#N)c1. The van der Waals surface area contributed by atoms with Crippen LogP contribution in [0.4, 0.5) is 0 Å². The van der Waals surface area contributed by atoms with Crippen LogP contribution in [0.15, 0.2) is 115 Å². The van der Waals surface area contributed by atoms with Crippen molar-refractivity contribution < 1.29 is 0 Å². The number of nitriles is 3. The largest absolute Gasteiger partial charge is 0.192 e. The molecule has 0 spiro atoms. The molecule has 0 aliphatic rings. The Morgan fingerprint density at radius 1 is 0.409 bits per heavy atom. The third-order valence-electron chi connectivity index (χ3n) is 8.21. The Balaban J connectivity index is 1.44. The van der Waals surface area contributed by atoms with Crippen molar-refractivity contribution in [3.8, 4) is 51.6 Å².